The van der Waals surface area contributed by atoms with Gasteiger partial charge in [-0.15, -0.1) is 0 Å². The number of carbonyl (C=O) groups excluding carboxylic acids is 1. The van der Waals surface area contributed by atoms with Crippen LogP contribution in [0.15, 0.2) is 24.3 Å². The van der Waals surface area contributed by atoms with E-state index < -0.39 is 18.0 Å². The van der Waals surface area contributed by atoms with Crippen LogP contribution in [-0.2, 0) is 47.4 Å². The quantitative estimate of drug-likeness (QED) is 0.409. The summed E-state index contributed by atoms with van der Waals surface area (Å²) in [6, 6.07) is 0. The second kappa shape index (κ2) is 14.3. The van der Waals surface area contributed by atoms with Gasteiger partial charge < -0.3 is 53.5 Å². The minimum atomic E-state index is -0.780. The number of ketones is 1. The molecule has 0 radical (unpaired) electrons. The molecular weight excluding hydrogens is 670 g/mol. The average Bonchev–Trinajstić information content (AvgIpc) is 3.79. The molecule has 19 atom stereocenters. The van der Waals surface area contributed by atoms with Gasteiger partial charge in [-0.05, 0) is 62.0 Å². The maximum Gasteiger partial charge on any atom is 0.172 e. The van der Waals surface area contributed by atoms with Crippen molar-refractivity contribution in [3.63, 3.8) is 0 Å². The largest absolute Gasteiger partial charge is 0.392 e. The molecule has 12 bridgehead atoms. The number of hydrogen-bond acceptors (Lipinski definition) is 12. The lowest BCUT2D eigenvalue weighted by Crippen LogP contribution is -2.61. The number of methoxy groups -OCH3 is 1. The zero-order valence-electron chi connectivity index (χ0n) is 30.8. The third-order valence-electron chi connectivity index (χ3n) is 14.0. The van der Waals surface area contributed by atoms with Crippen LogP contribution in [0.5, 0.6) is 0 Å². The van der Waals surface area contributed by atoms with E-state index in [0.717, 1.165) is 56.1 Å². The zero-order valence-corrected chi connectivity index (χ0v) is 30.8. The average molecular weight is 730 g/mol. The minimum Gasteiger partial charge on any atom is -0.392 e. The lowest BCUT2D eigenvalue weighted by Gasteiger charge is -2.47. The molecule has 3 unspecified atom stereocenters. The molecule has 0 aromatic heterocycles. The van der Waals surface area contributed by atoms with Crippen LogP contribution in [0.3, 0.4) is 0 Å². The summed E-state index contributed by atoms with van der Waals surface area (Å²) in [5.41, 5.74) is 8.01. The highest BCUT2D eigenvalue weighted by atomic mass is 16.8. The molecule has 0 aromatic carbocycles. The van der Waals surface area contributed by atoms with Gasteiger partial charge in [0.15, 0.2) is 5.79 Å². The highest BCUT2D eigenvalue weighted by Crippen LogP contribution is 2.54. The number of fused-ring (bicyclic) bond motifs is 6. The maximum absolute atomic E-state index is 14.1. The fraction of sp³-hybridized carbons (Fsp3) is 0.875. The molecule has 10 aliphatic heterocycles. The number of carbonyl (C=O) groups is 1. The van der Waals surface area contributed by atoms with Crippen molar-refractivity contribution in [1.29, 1.82) is 0 Å². The molecule has 0 saturated carbocycles. The topological polar surface area (TPSA) is 146 Å². The van der Waals surface area contributed by atoms with Crippen molar-refractivity contribution in [2.24, 2.45) is 17.6 Å². The van der Waals surface area contributed by atoms with Gasteiger partial charge in [0, 0.05) is 58.1 Å². The van der Waals surface area contributed by atoms with Gasteiger partial charge >= 0.3 is 0 Å². The zero-order chi connectivity index (χ0) is 35.9. The fourth-order valence-electron chi connectivity index (χ4n) is 11.3. The van der Waals surface area contributed by atoms with E-state index in [4.69, 9.17) is 48.4 Å². The Morgan fingerprint density at radius 1 is 0.808 bits per heavy atom. The van der Waals surface area contributed by atoms with E-state index in [1.54, 1.807) is 7.11 Å². The van der Waals surface area contributed by atoms with Crippen LogP contribution in [0, 0.1) is 11.8 Å². The third kappa shape index (κ3) is 6.59. The molecule has 10 rings (SSSR count). The van der Waals surface area contributed by atoms with E-state index in [0.29, 0.717) is 25.7 Å². The van der Waals surface area contributed by atoms with Crippen LogP contribution in [0.4, 0.5) is 0 Å². The van der Waals surface area contributed by atoms with E-state index in [-0.39, 0.29) is 122 Å². The number of ether oxygens (including phenoxy) is 9. The van der Waals surface area contributed by atoms with E-state index in [9.17, 15) is 9.90 Å². The smallest absolute Gasteiger partial charge is 0.172 e. The van der Waals surface area contributed by atoms with Crippen molar-refractivity contribution in [3.05, 3.63) is 24.3 Å². The first-order valence-electron chi connectivity index (χ1n) is 20.2. The minimum absolute atomic E-state index is 0.0158. The number of Topliss-reactive ketones (excluding diaryl/α,β-unsaturated/α-hetero) is 1. The fourth-order valence-corrected chi connectivity index (χ4v) is 11.3. The number of rotatable bonds is 4. The van der Waals surface area contributed by atoms with E-state index in [2.05, 4.69) is 20.1 Å². The first-order chi connectivity index (χ1) is 25.1. The first kappa shape index (κ1) is 36.4. The second-order valence-electron chi connectivity index (χ2n) is 17.4. The van der Waals surface area contributed by atoms with Crippen LogP contribution < -0.4 is 5.73 Å². The highest BCUT2D eigenvalue weighted by molar-refractivity contribution is 5.79. The molecule has 0 amide bonds. The number of aliphatic hydroxyl groups excluding tert-OH is 1. The van der Waals surface area contributed by atoms with Gasteiger partial charge in [-0.3, -0.25) is 4.79 Å². The van der Waals surface area contributed by atoms with Crippen LogP contribution in [-0.4, -0.2) is 128 Å². The molecule has 52 heavy (non-hydrogen) atoms. The molecule has 0 aliphatic carbocycles. The lowest BCUT2D eigenvalue weighted by molar-refractivity contribution is -0.292. The summed E-state index contributed by atoms with van der Waals surface area (Å²) in [5, 5.41) is 10.5. The summed E-state index contributed by atoms with van der Waals surface area (Å²) in [6.07, 6.45) is 4.85. The molecule has 10 saturated heterocycles. The summed E-state index contributed by atoms with van der Waals surface area (Å²) in [4.78, 5) is 14.1. The van der Waals surface area contributed by atoms with Crippen molar-refractivity contribution in [1.82, 2.24) is 0 Å². The van der Waals surface area contributed by atoms with Gasteiger partial charge in [0.2, 0.25) is 0 Å². The number of hydrogen-bond donors (Lipinski definition) is 2. The van der Waals surface area contributed by atoms with Gasteiger partial charge in [0.25, 0.3) is 0 Å². The Labute approximate surface area is 307 Å². The Morgan fingerprint density at radius 3 is 2.38 bits per heavy atom. The standard InChI is InChI=1S/C40H59NO11/c1-19-11-24-5-7-28-20(2)12-26(45-28)9-10-40-17-33-36(51-40)37-38(50-33)39(52-40)35-29(49-37)8-6-25(47-35)13-22(42)14-27-31(16-30(46-24)21(19)3)48-32(34(27)44-4)15-23(43)18-41/h19,23-39,43H,2-3,5-18,41H2,1,4H3/t19-,23+,24+,25-,26+,27?,28+,29+,30-,31?,32-,33-,34-,35+,36-,37?,38-,39+,40+/m1/s1. The Hall–Kier alpha value is -1.29. The second-order valence-corrected chi connectivity index (χ2v) is 17.4. The molecule has 1 spiro atoms. The molecule has 0 aromatic rings. The van der Waals surface area contributed by atoms with Gasteiger partial charge in [0.1, 0.15) is 36.3 Å². The predicted octanol–water partition coefficient (Wildman–Crippen LogP) is 3.44. The Kier molecular flexibility index (Phi) is 10.0. The van der Waals surface area contributed by atoms with E-state index >= 15 is 0 Å². The van der Waals surface area contributed by atoms with E-state index in [1.165, 1.54) is 0 Å². The first-order valence-corrected chi connectivity index (χ1v) is 20.2. The van der Waals surface area contributed by atoms with E-state index in [1.807, 2.05) is 0 Å². The molecule has 3 N–H and O–H groups in total. The Balaban J connectivity index is 0.994. The predicted molar refractivity (Wildman–Crippen MR) is 186 cm³/mol. The summed E-state index contributed by atoms with van der Waals surface area (Å²) >= 11 is 0. The van der Waals surface area contributed by atoms with Gasteiger partial charge in [-0.25, -0.2) is 0 Å². The summed E-state index contributed by atoms with van der Waals surface area (Å²) in [7, 11) is 1.66. The Bertz CT molecular complexity index is 1380. The number of aliphatic hydroxyl groups is 1. The molecule has 10 aliphatic rings. The molecule has 12 nitrogen and oxygen atoms in total. The molecule has 290 valence electrons. The van der Waals surface area contributed by atoms with Crippen molar-refractivity contribution in [2.45, 2.75) is 194 Å². The summed E-state index contributed by atoms with van der Waals surface area (Å²) in [5.74, 6) is -0.619. The summed E-state index contributed by atoms with van der Waals surface area (Å²) < 4.78 is 60.0. The summed E-state index contributed by atoms with van der Waals surface area (Å²) in [6.45, 7) is 11.3. The normalized spacial score (nSPS) is 52.4. The van der Waals surface area contributed by atoms with Crippen molar-refractivity contribution >= 4 is 5.78 Å². The van der Waals surface area contributed by atoms with Crippen LogP contribution in [0.2, 0.25) is 0 Å². The number of nitrogens with two attached hydrogens (primary N) is 1. The third-order valence-corrected chi connectivity index (χ3v) is 14.0. The van der Waals surface area contributed by atoms with Crippen LogP contribution in [0.25, 0.3) is 0 Å². The monoisotopic (exact) mass is 729 g/mol. The lowest BCUT2D eigenvalue weighted by atomic mass is 9.81. The maximum atomic E-state index is 14.1. The van der Waals surface area contributed by atoms with Crippen molar-refractivity contribution in [2.75, 3.05) is 13.7 Å². The molecule has 12 heteroatoms. The molecule has 10 heterocycles. The molecular formula is C40H59NO11. The van der Waals surface area contributed by atoms with Crippen molar-refractivity contribution in [3.8, 4) is 0 Å². The molecule has 10 fully saturated rings. The van der Waals surface area contributed by atoms with Gasteiger partial charge in [-0.2, -0.15) is 0 Å². The van der Waals surface area contributed by atoms with Crippen LogP contribution >= 0.6 is 0 Å². The van der Waals surface area contributed by atoms with Gasteiger partial charge in [0.05, 0.1) is 67.1 Å². The van der Waals surface area contributed by atoms with Crippen molar-refractivity contribution < 1.29 is 52.5 Å². The highest BCUT2D eigenvalue weighted by Gasteiger charge is 2.68. The SMILES string of the molecule is C=C1C[C@@H]2CC[C@@]34C[C@H]5O[C@@H]6C(O[C@H]7CC[C@H](CC(=O)CC8C(C[C@H]9O[C@@H](CC[C@@H]1O2)C[C@@H](C)C9=C)O[C@H](C[C@H](O)CN)[C@@H]8OC)O[C@@H]7[C@@H]6O3)[C@@H]5O4. The van der Waals surface area contributed by atoms with Crippen LogP contribution in [0.1, 0.15) is 90.4 Å². The Morgan fingerprint density at radius 2 is 1.56 bits per heavy atom. The van der Waals surface area contributed by atoms with Gasteiger partial charge in [-0.1, -0.05) is 20.1 Å².